The van der Waals surface area contributed by atoms with Gasteiger partial charge in [0.1, 0.15) is 5.82 Å². The second-order valence-electron chi connectivity index (χ2n) is 8.48. The minimum Gasteiger partial charge on any atom is -0.368 e. The summed E-state index contributed by atoms with van der Waals surface area (Å²) in [6.45, 7) is 7.08. The molecule has 31 heavy (non-hydrogen) atoms. The Bertz CT molecular complexity index is 1090. The minimum absolute atomic E-state index is 0.0447. The van der Waals surface area contributed by atoms with Crippen LogP contribution in [0.25, 0.3) is 10.1 Å². The highest BCUT2D eigenvalue weighted by Crippen LogP contribution is 2.33. The molecule has 2 aliphatic rings. The van der Waals surface area contributed by atoms with Crippen LogP contribution in [0.4, 0.5) is 11.5 Å². The molecule has 3 aromatic rings. The molecule has 5 nitrogen and oxygen atoms in total. The second-order valence-corrected chi connectivity index (χ2v) is 10.2. The molecule has 162 valence electrons. The molecule has 2 aromatic heterocycles. The lowest BCUT2D eigenvalue weighted by atomic mass is 9.96. The SMILES string of the molecule is Cc1cc2c(N3CCC[C@H](C(=O)N4CCN(c5cccc(Cl)c5)CC4)C3)nccc2s1. The van der Waals surface area contributed by atoms with E-state index in [0.717, 1.165) is 68.6 Å². The summed E-state index contributed by atoms with van der Waals surface area (Å²) in [5, 5.41) is 1.97. The largest absolute Gasteiger partial charge is 0.368 e. The van der Waals surface area contributed by atoms with E-state index in [2.05, 4.69) is 39.8 Å². The summed E-state index contributed by atoms with van der Waals surface area (Å²) in [6.07, 6.45) is 3.89. The topological polar surface area (TPSA) is 39.7 Å². The van der Waals surface area contributed by atoms with Gasteiger partial charge in [-0.1, -0.05) is 17.7 Å². The number of hydrogen-bond acceptors (Lipinski definition) is 5. The Morgan fingerprint density at radius 1 is 1.10 bits per heavy atom. The molecule has 0 saturated carbocycles. The monoisotopic (exact) mass is 454 g/mol. The Kier molecular flexibility index (Phi) is 5.76. The van der Waals surface area contributed by atoms with Gasteiger partial charge in [-0.05, 0) is 50.1 Å². The standard InChI is InChI=1S/C24H27ClN4OS/c1-17-14-21-22(31-17)7-8-26-23(21)29-9-3-4-18(16-29)24(30)28-12-10-27(11-13-28)20-6-2-5-19(25)15-20/h2,5-8,14-15,18H,3-4,9-13,16H2,1H3/t18-/m0/s1. The molecule has 2 fully saturated rings. The van der Waals surface area contributed by atoms with E-state index in [-0.39, 0.29) is 5.92 Å². The molecule has 1 amide bonds. The number of pyridine rings is 1. The van der Waals surface area contributed by atoms with E-state index >= 15 is 0 Å². The van der Waals surface area contributed by atoms with E-state index < -0.39 is 0 Å². The van der Waals surface area contributed by atoms with Gasteiger partial charge < -0.3 is 14.7 Å². The number of amides is 1. The average Bonchev–Trinajstić information content (AvgIpc) is 3.19. The van der Waals surface area contributed by atoms with Gasteiger partial charge in [-0.3, -0.25) is 4.79 Å². The summed E-state index contributed by atoms with van der Waals surface area (Å²) < 4.78 is 1.27. The van der Waals surface area contributed by atoms with Gasteiger partial charge in [-0.2, -0.15) is 0 Å². The maximum Gasteiger partial charge on any atom is 0.227 e. The number of fused-ring (bicyclic) bond motifs is 1. The molecule has 0 aliphatic carbocycles. The van der Waals surface area contributed by atoms with Crippen molar-refractivity contribution in [1.29, 1.82) is 0 Å². The first-order valence-electron chi connectivity index (χ1n) is 11.0. The third-order valence-corrected chi connectivity index (χ3v) is 7.63. The van der Waals surface area contributed by atoms with E-state index in [0.29, 0.717) is 5.91 Å². The van der Waals surface area contributed by atoms with Gasteiger partial charge in [0.05, 0.1) is 5.92 Å². The maximum atomic E-state index is 13.3. The molecular weight excluding hydrogens is 428 g/mol. The predicted octanol–water partition coefficient (Wildman–Crippen LogP) is 4.82. The van der Waals surface area contributed by atoms with E-state index in [1.165, 1.54) is 15.0 Å². The number of aryl methyl sites for hydroxylation is 1. The van der Waals surface area contributed by atoms with Gasteiger partial charge in [-0.15, -0.1) is 11.3 Å². The summed E-state index contributed by atoms with van der Waals surface area (Å²) in [5.74, 6) is 1.37. The number of rotatable bonds is 3. The third kappa shape index (κ3) is 4.23. The normalized spacial score (nSPS) is 19.8. The van der Waals surface area contributed by atoms with E-state index in [4.69, 9.17) is 16.6 Å². The lowest BCUT2D eigenvalue weighted by Gasteiger charge is -2.40. The Balaban J connectivity index is 1.25. The van der Waals surface area contributed by atoms with Gasteiger partial charge in [0, 0.05) is 71.1 Å². The van der Waals surface area contributed by atoms with Crippen molar-refractivity contribution >= 4 is 50.4 Å². The number of piperazine rings is 1. The summed E-state index contributed by atoms with van der Waals surface area (Å²) in [5.41, 5.74) is 1.13. The van der Waals surface area contributed by atoms with Crippen LogP contribution in [0.15, 0.2) is 42.6 Å². The van der Waals surface area contributed by atoms with Crippen LogP contribution in [0.2, 0.25) is 5.02 Å². The first kappa shape index (κ1) is 20.6. The fraction of sp³-hybridized carbons (Fsp3) is 0.417. The van der Waals surface area contributed by atoms with Gasteiger partial charge >= 0.3 is 0 Å². The second kappa shape index (κ2) is 8.67. The fourth-order valence-electron chi connectivity index (χ4n) is 4.82. The van der Waals surface area contributed by atoms with Crippen molar-refractivity contribution in [2.45, 2.75) is 19.8 Å². The molecule has 0 bridgehead atoms. The van der Waals surface area contributed by atoms with Gasteiger partial charge in [0.25, 0.3) is 0 Å². The van der Waals surface area contributed by atoms with Gasteiger partial charge in [0.2, 0.25) is 5.91 Å². The highest BCUT2D eigenvalue weighted by Gasteiger charge is 2.32. The number of thiophene rings is 1. The van der Waals surface area contributed by atoms with Crippen LogP contribution in [-0.4, -0.2) is 55.1 Å². The molecule has 1 aromatic carbocycles. The van der Waals surface area contributed by atoms with Crippen LogP contribution >= 0.6 is 22.9 Å². The van der Waals surface area contributed by atoms with Crippen molar-refractivity contribution in [3.05, 3.63) is 52.5 Å². The number of hydrogen-bond donors (Lipinski definition) is 0. The van der Waals surface area contributed by atoms with Crippen LogP contribution in [0.5, 0.6) is 0 Å². The Morgan fingerprint density at radius 3 is 2.74 bits per heavy atom. The highest BCUT2D eigenvalue weighted by molar-refractivity contribution is 7.19. The first-order valence-corrected chi connectivity index (χ1v) is 12.2. The lowest BCUT2D eigenvalue weighted by Crippen LogP contribution is -2.52. The molecule has 1 atom stereocenters. The fourth-order valence-corrected chi connectivity index (χ4v) is 5.91. The molecule has 7 heteroatoms. The number of anilines is 2. The average molecular weight is 455 g/mol. The van der Waals surface area contributed by atoms with Crippen LogP contribution < -0.4 is 9.80 Å². The van der Waals surface area contributed by atoms with E-state index in [9.17, 15) is 4.79 Å². The van der Waals surface area contributed by atoms with Crippen LogP contribution in [-0.2, 0) is 4.79 Å². The van der Waals surface area contributed by atoms with Crippen molar-refractivity contribution in [3.8, 4) is 0 Å². The van der Waals surface area contributed by atoms with Gasteiger partial charge in [-0.25, -0.2) is 4.98 Å². The molecule has 0 radical (unpaired) electrons. The first-order chi connectivity index (χ1) is 15.1. The van der Waals surface area contributed by atoms with E-state index in [1.54, 1.807) is 11.3 Å². The number of benzene rings is 1. The van der Waals surface area contributed by atoms with Crippen LogP contribution in [0, 0.1) is 12.8 Å². The molecule has 4 heterocycles. The number of piperidine rings is 1. The van der Waals surface area contributed by atoms with Gasteiger partial charge in [0.15, 0.2) is 0 Å². The van der Waals surface area contributed by atoms with Crippen LogP contribution in [0.3, 0.4) is 0 Å². The molecule has 0 spiro atoms. The zero-order valence-electron chi connectivity index (χ0n) is 17.8. The zero-order valence-corrected chi connectivity index (χ0v) is 19.3. The molecule has 2 aliphatic heterocycles. The smallest absolute Gasteiger partial charge is 0.227 e. The maximum absolute atomic E-state index is 13.3. The third-order valence-electron chi connectivity index (χ3n) is 6.38. The summed E-state index contributed by atoms with van der Waals surface area (Å²) in [4.78, 5) is 26.0. The van der Waals surface area contributed by atoms with Crippen LogP contribution in [0.1, 0.15) is 17.7 Å². The summed E-state index contributed by atoms with van der Waals surface area (Å²) in [7, 11) is 0. The Hall–Kier alpha value is -2.31. The predicted molar refractivity (Wildman–Crippen MR) is 130 cm³/mol. The lowest BCUT2D eigenvalue weighted by molar-refractivity contribution is -0.136. The van der Waals surface area contributed by atoms with Crippen molar-refractivity contribution in [2.75, 3.05) is 49.1 Å². The highest BCUT2D eigenvalue weighted by atomic mass is 35.5. The van der Waals surface area contributed by atoms with E-state index in [1.807, 2.05) is 24.4 Å². The summed E-state index contributed by atoms with van der Waals surface area (Å²) >= 11 is 7.95. The molecule has 0 unspecified atom stereocenters. The molecule has 2 saturated heterocycles. The molecular formula is C24H27ClN4OS. The molecule has 5 rings (SSSR count). The molecule has 0 N–H and O–H groups in total. The zero-order chi connectivity index (χ0) is 21.4. The number of carbonyl (C=O) groups excluding carboxylic acids is 1. The number of halogens is 1. The summed E-state index contributed by atoms with van der Waals surface area (Å²) in [6, 6.07) is 12.3. The number of carbonyl (C=O) groups is 1. The quantitative estimate of drug-likeness (QED) is 0.568. The van der Waals surface area contributed by atoms with Crippen molar-refractivity contribution in [3.63, 3.8) is 0 Å². The van der Waals surface area contributed by atoms with Crippen molar-refractivity contribution < 1.29 is 4.79 Å². The number of aromatic nitrogens is 1. The van der Waals surface area contributed by atoms with Crippen molar-refractivity contribution in [1.82, 2.24) is 9.88 Å². The minimum atomic E-state index is 0.0447. The number of nitrogens with zero attached hydrogens (tertiary/aromatic N) is 4. The Morgan fingerprint density at radius 2 is 1.94 bits per heavy atom. The van der Waals surface area contributed by atoms with Crippen molar-refractivity contribution in [2.24, 2.45) is 5.92 Å². The Labute approximate surface area is 192 Å².